The molecule has 36 heavy (non-hydrogen) atoms. The number of para-hydroxylation sites is 1. The van der Waals surface area contributed by atoms with Gasteiger partial charge in [-0.25, -0.2) is 9.97 Å². The number of carbonyl (C=O) groups is 1. The molecule has 2 fully saturated rings. The van der Waals surface area contributed by atoms with E-state index < -0.39 is 0 Å². The number of H-pyrrole nitrogens is 1. The predicted molar refractivity (Wildman–Crippen MR) is 146 cm³/mol. The van der Waals surface area contributed by atoms with Gasteiger partial charge in [-0.1, -0.05) is 42.8 Å². The van der Waals surface area contributed by atoms with Crippen LogP contribution in [0, 0.1) is 5.92 Å². The lowest BCUT2D eigenvalue weighted by atomic mass is 9.85. The number of fused-ring (bicyclic) bond motifs is 1. The molecule has 1 aliphatic carbocycles. The first kappa shape index (κ1) is 24.8. The van der Waals surface area contributed by atoms with Gasteiger partial charge >= 0.3 is 0 Å². The van der Waals surface area contributed by atoms with Gasteiger partial charge in [-0.3, -0.25) is 4.79 Å². The molecule has 2 aromatic heterocycles. The molecule has 1 aliphatic heterocycles. The standard InChI is InChI=1S/C28H35ClN6O/c1-3-26(36)35-13-11-21(12-14-35)34(2)18-19-7-6-8-20(15-19)32-28-31-17-24(29)27(33-28)23-16-30-25-10-5-4-9-22(23)25/h3-5,9-10,16-17,19-21,30H,1,6-8,11-15,18H2,2H3,(H,31,32,33)/t19-,20+/m0/s1. The molecule has 0 radical (unpaired) electrons. The topological polar surface area (TPSA) is 77.2 Å². The van der Waals surface area contributed by atoms with Crippen LogP contribution in [-0.4, -0.2) is 69.4 Å². The van der Waals surface area contributed by atoms with E-state index in [4.69, 9.17) is 16.6 Å². The van der Waals surface area contributed by atoms with Gasteiger partial charge in [0.25, 0.3) is 0 Å². The third kappa shape index (κ3) is 5.42. The van der Waals surface area contributed by atoms with Crippen molar-refractivity contribution in [2.45, 2.75) is 50.6 Å². The van der Waals surface area contributed by atoms with Crippen molar-refractivity contribution in [2.75, 3.05) is 32.0 Å². The fourth-order valence-corrected chi connectivity index (χ4v) is 6.07. The molecule has 1 saturated heterocycles. The second kappa shape index (κ2) is 11.0. The highest BCUT2D eigenvalue weighted by Crippen LogP contribution is 2.33. The van der Waals surface area contributed by atoms with Crippen molar-refractivity contribution in [1.82, 2.24) is 24.8 Å². The third-order valence-corrected chi connectivity index (χ3v) is 8.10. The molecule has 2 atom stereocenters. The Kier molecular flexibility index (Phi) is 7.58. The molecule has 2 aliphatic rings. The van der Waals surface area contributed by atoms with E-state index in [1.807, 2.05) is 23.2 Å². The number of anilines is 1. The highest BCUT2D eigenvalue weighted by Gasteiger charge is 2.28. The molecule has 3 heterocycles. The SMILES string of the molecule is C=CC(=O)N1CCC(N(C)C[C@H]2CCC[C@@H](Nc3ncc(Cl)c(-c4c[nH]c5ccccc45)n3)C2)CC1. The second-order valence-electron chi connectivity index (χ2n) is 10.2. The number of nitrogens with zero attached hydrogens (tertiary/aromatic N) is 4. The lowest BCUT2D eigenvalue weighted by Crippen LogP contribution is -2.46. The summed E-state index contributed by atoms with van der Waals surface area (Å²) in [5, 5.41) is 5.25. The molecule has 3 aromatic rings. The lowest BCUT2D eigenvalue weighted by Gasteiger charge is -2.39. The van der Waals surface area contributed by atoms with E-state index in [0.29, 0.717) is 29.0 Å². The largest absolute Gasteiger partial charge is 0.360 e. The van der Waals surface area contributed by atoms with Crippen molar-refractivity contribution in [3.63, 3.8) is 0 Å². The first-order valence-corrected chi connectivity index (χ1v) is 13.4. The van der Waals surface area contributed by atoms with Crippen molar-refractivity contribution in [3.05, 3.63) is 54.3 Å². The second-order valence-corrected chi connectivity index (χ2v) is 10.6. The van der Waals surface area contributed by atoms with Crippen molar-refractivity contribution in [1.29, 1.82) is 0 Å². The van der Waals surface area contributed by atoms with Crippen molar-refractivity contribution in [2.24, 2.45) is 5.92 Å². The van der Waals surface area contributed by atoms with Gasteiger partial charge in [0, 0.05) is 54.4 Å². The number of nitrogens with one attached hydrogen (secondary N) is 2. The molecule has 5 rings (SSSR count). The minimum absolute atomic E-state index is 0.0505. The Morgan fingerprint density at radius 1 is 1.28 bits per heavy atom. The quantitative estimate of drug-likeness (QED) is 0.422. The molecule has 1 saturated carbocycles. The number of hydrogen-bond donors (Lipinski definition) is 2. The fraction of sp³-hybridized carbons (Fsp3) is 0.464. The molecule has 7 nitrogen and oxygen atoms in total. The Morgan fingerprint density at radius 3 is 2.89 bits per heavy atom. The first-order valence-electron chi connectivity index (χ1n) is 13.0. The summed E-state index contributed by atoms with van der Waals surface area (Å²) < 4.78 is 0. The van der Waals surface area contributed by atoms with Crippen LogP contribution >= 0.6 is 11.6 Å². The van der Waals surface area contributed by atoms with Gasteiger partial charge in [0.15, 0.2) is 0 Å². The number of hydrogen-bond acceptors (Lipinski definition) is 5. The van der Waals surface area contributed by atoms with Crippen molar-refractivity contribution < 1.29 is 4.79 Å². The summed E-state index contributed by atoms with van der Waals surface area (Å²) in [6.45, 7) is 6.34. The Balaban J connectivity index is 1.20. The zero-order valence-corrected chi connectivity index (χ0v) is 21.7. The fourth-order valence-electron chi connectivity index (χ4n) is 5.88. The van der Waals surface area contributed by atoms with Gasteiger partial charge in [-0.05, 0) is 57.2 Å². The van der Waals surface area contributed by atoms with Crippen LogP contribution in [0.15, 0.2) is 49.3 Å². The number of piperidine rings is 1. The van der Waals surface area contributed by atoms with E-state index in [-0.39, 0.29) is 5.91 Å². The molecule has 190 valence electrons. The van der Waals surface area contributed by atoms with Gasteiger partial charge in [0.2, 0.25) is 11.9 Å². The minimum Gasteiger partial charge on any atom is -0.360 e. The Bertz CT molecular complexity index is 1220. The van der Waals surface area contributed by atoms with Gasteiger partial charge in [0.05, 0.1) is 16.9 Å². The number of aromatic nitrogens is 3. The zero-order chi connectivity index (χ0) is 25.1. The normalized spacial score (nSPS) is 21.1. The molecule has 0 unspecified atom stereocenters. The maximum atomic E-state index is 11.9. The van der Waals surface area contributed by atoms with E-state index in [1.54, 1.807) is 6.20 Å². The van der Waals surface area contributed by atoms with Crippen LogP contribution in [-0.2, 0) is 4.79 Å². The predicted octanol–water partition coefficient (Wildman–Crippen LogP) is 5.36. The number of likely N-dealkylation sites (tertiary alicyclic amines) is 1. The first-order chi connectivity index (χ1) is 17.5. The van der Waals surface area contributed by atoms with E-state index in [0.717, 1.165) is 67.5 Å². The van der Waals surface area contributed by atoms with E-state index in [9.17, 15) is 4.79 Å². The molecule has 0 spiro atoms. The lowest BCUT2D eigenvalue weighted by molar-refractivity contribution is -0.127. The molecular formula is C28H35ClN6O. The van der Waals surface area contributed by atoms with Gasteiger partial charge in [0.1, 0.15) is 0 Å². The maximum absolute atomic E-state index is 11.9. The molecule has 0 bridgehead atoms. The highest BCUT2D eigenvalue weighted by molar-refractivity contribution is 6.33. The Labute approximate surface area is 217 Å². The van der Waals surface area contributed by atoms with Crippen LogP contribution in [0.4, 0.5) is 5.95 Å². The van der Waals surface area contributed by atoms with Gasteiger partial charge in [-0.2, -0.15) is 0 Å². The van der Waals surface area contributed by atoms with E-state index in [1.165, 1.54) is 18.9 Å². The molecule has 8 heteroatoms. The number of aromatic amines is 1. The minimum atomic E-state index is 0.0505. The molecule has 1 aromatic carbocycles. The summed E-state index contributed by atoms with van der Waals surface area (Å²) in [6.07, 6.45) is 11.8. The number of carbonyl (C=O) groups excluding carboxylic acids is 1. The van der Waals surface area contributed by atoms with Crippen LogP contribution in [0.1, 0.15) is 38.5 Å². The number of rotatable bonds is 7. The van der Waals surface area contributed by atoms with Crippen LogP contribution in [0.5, 0.6) is 0 Å². The average molecular weight is 507 g/mol. The molecule has 2 N–H and O–H groups in total. The number of halogens is 1. The maximum Gasteiger partial charge on any atom is 0.245 e. The Morgan fingerprint density at radius 2 is 2.08 bits per heavy atom. The van der Waals surface area contributed by atoms with E-state index >= 15 is 0 Å². The molecule has 1 amide bonds. The summed E-state index contributed by atoms with van der Waals surface area (Å²) in [6, 6.07) is 9.05. The van der Waals surface area contributed by atoms with Gasteiger partial charge < -0.3 is 20.1 Å². The number of amides is 1. The summed E-state index contributed by atoms with van der Waals surface area (Å²) in [5.74, 6) is 1.32. The van der Waals surface area contributed by atoms with Crippen molar-refractivity contribution in [3.8, 4) is 11.3 Å². The van der Waals surface area contributed by atoms with Crippen LogP contribution < -0.4 is 5.32 Å². The van der Waals surface area contributed by atoms with Gasteiger partial charge in [-0.15, -0.1) is 0 Å². The summed E-state index contributed by atoms with van der Waals surface area (Å²) in [4.78, 5) is 28.9. The van der Waals surface area contributed by atoms with Crippen LogP contribution in [0.25, 0.3) is 22.2 Å². The van der Waals surface area contributed by atoms with Crippen molar-refractivity contribution >= 4 is 34.4 Å². The number of benzene rings is 1. The smallest absolute Gasteiger partial charge is 0.245 e. The Hall–Kier alpha value is -2.90. The summed E-state index contributed by atoms with van der Waals surface area (Å²) in [5.41, 5.74) is 2.80. The zero-order valence-electron chi connectivity index (χ0n) is 20.9. The molecular weight excluding hydrogens is 472 g/mol. The summed E-state index contributed by atoms with van der Waals surface area (Å²) >= 11 is 6.52. The average Bonchev–Trinajstić information content (AvgIpc) is 3.33. The van der Waals surface area contributed by atoms with Crippen LogP contribution in [0.3, 0.4) is 0 Å². The monoisotopic (exact) mass is 506 g/mol. The third-order valence-electron chi connectivity index (χ3n) is 7.82. The summed E-state index contributed by atoms with van der Waals surface area (Å²) in [7, 11) is 2.24. The highest BCUT2D eigenvalue weighted by atomic mass is 35.5. The van der Waals surface area contributed by atoms with Crippen LogP contribution in [0.2, 0.25) is 5.02 Å². The van der Waals surface area contributed by atoms with E-state index in [2.05, 4.69) is 45.9 Å².